The van der Waals surface area contributed by atoms with E-state index in [2.05, 4.69) is 5.32 Å². The number of ether oxygens (including phenoxy) is 2. The van der Waals surface area contributed by atoms with Crippen molar-refractivity contribution in [1.82, 2.24) is 0 Å². The Labute approximate surface area is 169 Å². The van der Waals surface area contributed by atoms with E-state index in [0.29, 0.717) is 42.3 Å². The van der Waals surface area contributed by atoms with Crippen LogP contribution in [0.3, 0.4) is 0 Å². The summed E-state index contributed by atoms with van der Waals surface area (Å²) >= 11 is 1.62. The van der Waals surface area contributed by atoms with Gasteiger partial charge in [-0.25, -0.2) is 0 Å². The van der Waals surface area contributed by atoms with Gasteiger partial charge in [-0.15, -0.1) is 11.8 Å². The molecular formula is C21H24N2O4S. The Hall–Kier alpha value is -2.67. The van der Waals surface area contributed by atoms with Crippen molar-refractivity contribution in [2.45, 2.75) is 24.2 Å². The first kappa shape index (κ1) is 20.1. The Morgan fingerprint density at radius 2 is 1.93 bits per heavy atom. The topological polar surface area (TPSA) is 67.9 Å². The molecule has 1 fully saturated rings. The van der Waals surface area contributed by atoms with E-state index >= 15 is 0 Å². The summed E-state index contributed by atoms with van der Waals surface area (Å²) < 4.78 is 10.5. The van der Waals surface area contributed by atoms with Crippen molar-refractivity contribution in [1.29, 1.82) is 0 Å². The lowest BCUT2D eigenvalue weighted by Gasteiger charge is -2.20. The summed E-state index contributed by atoms with van der Waals surface area (Å²) in [6.07, 6.45) is 1.77. The molecule has 0 atom stereocenters. The van der Waals surface area contributed by atoms with Crippen LogP contribution in [-0.4, -0.2) is 38.3 Å². The second-order valence-corrected chi connectivity index (χ2v) is 7.53. The Bertz CT molecular complexity index is 839. The van der Waals surface area contributed by atoms with Gasteiger partial charge in [0, 0.05) is 35.7 Å². The maximum Gasteiger partial charge on any atom is 0.227 e. The number of carbonyl (C=O) groups excluding carboxylic acids is 2. The SMILES string of the molecule is COc1ccc(SCCC(=O)Nc2ccc(OC)c(N3CCCC3=O)c2)cc1. The standard InChI is InChI=1S/C21H24N2O4S/c1-26-16-6-8-17(9-7-16)28-13-11-20(24)22-15-5-10-19(27-2)18(14-15)23-12-3-4-21(23)25/h5-10,14H,3-4,11-13H2,1-2H3,(H,22,24). The number of hydrogen-bond acceptors (Lipinski definition) is 5. The number of amides is 2. The molecule has 1 saturated heterocycles. The second-order valence-electron chi connectivity index (χ2n) is 6.36. The maximum absolute atomic E-state index is 12.3. The third kappa shape index (κ3) is 4.98. The highest BCUT2D eigenvalue weighted by atomic mass is 32.2. The number of methoxy groups -OCH3 is 2. The lowest BCUT2D eigenvalue weighted by atomic mass is 10.2. The van der Waals surface area contributed by atoms with E-state index in [1.54, 1.807) is 49.1 Å². The molecule has 1 heterocycles. The number of thioether (sulfide) groups is 1. The molecule has 0 aromatic heterocycles. The van der Waals surface area contributed by atoms with Gasteiger partial charge in [0.05, 0.1) is 19.9 Å². The molecule has 0 bridgehead atoms. The van der Waals surface area contributed by atoms with Crippen LogP contribution in [0.1, 0.15) is 19.3 Å². The van der Waals surface area contributed by atoms with Crippen molar-refractivity contribution in [3.63, 3.8) is 0 Å². The van der Waals surface area contributed by atoms with Gasteiger partial charge in [0.25, 0.3) is 0 Å². The molecule has 1 aliphatic rings. The summed E-state index contributed by atoms with van der Waals surface area (Å²) in [6, 6.07) is 13.1. The van der Waals surface area contributed by atoms with Gasteiger partial charge in [-0.1, -0.05) is 0 Å². The van der Waals surface area contributed by atoms with E-state index in [1.807, 2.05) is 24.3 Å². The largest absolute Gasteiger partial charge is 0.497 e. The third-order valence-electron chi connectivity index (χ3n) is 4.48. The Balaban J connectivity index is 1.56. The highest BCUT2D eigenvalue weighted by Crippen LogP contribution is 2.34. The number of carbonyl (C=O) groups is 2. The van der Waals surface area contributed by atoms with Gasteiger partial charge in [0.15, 0.2) is 0 Å². The van der Waals surface area contributed by atoms with Gasteiger partial charge in [0.2, 0.25) is 11.8 Å². The number of rotatable bonds is 8. The highest BCUT2D eigenvalue weighted by molar-refractivity contribution is 7.99. The predicted molar refractivity (Wildman–Crippen MR) is 112 cm³/mol. The fraction of sp³-hybridized carbons (Fsp3) is 0.333. The van der Waals surface area contributed by atoms with Crippen LogP contribution >= 0.6 is 11.8 Å². The second kappa shape index (κ2) is 9.50. The number of benzene rings is 2. The van der Waals surface area contributed by atoms with Gasteiger partial charge < -0.3 is 19.7 Å². The number of anilines is 2. The van der Waals surface area contributed by atoms with Gasteiger partial charge >= 0.3 is 0 Å². The Kier molecular flexibility index (Phi) is 6.81. The van der Waals surface area contributed by atoms with Gasteiger partial charge in [-0.05, 0) is 48.9 Å². The molecule has 0 radical (unpaired) electrons. The first-order valence-electron chi connectivity index (χ1n) is 9.16. The van der Waals surface area contributed by atoms with Crippen LogP contribution in [0.25, 0.3) is 0 Å². The molecule has 1 N–H and O–H groups in total. The molecule has 1 aliphatic heterocycles. The van der Waals surface area contributed by atoms with Gasteiger partial charge in [-0.2, -0.15) is 0 Å². The number of nitrogens with one attached hydrogen (secondary N) is 1. The molecule has 28 heavy (non-hydrogen) atoms. The van der Waals surface area contributed by atoms with Crippen LogP contribution in [-0.2, 0) is 9.59 Å². The molecule has 0 aliphatic carbocycles. The van der Waals surface area contributed by atoms with Crippen molar-refractivity contribution in [3.8, 4) is 11.5 Å². The van der Waals surface area contributed by atoms with Crippen LogP contribution in [0.5, 0.6) is 11.5 Å². The molecule has 2 amide bonds. The zero-order chi connectivity index (χ0) is 19.9. The lowest BCUT2D eigenvalue weighted by Crippen LogP contribution is -2.24. The quantitative estimate of drug-likeness (QED) is 0.680. The summed E-state index contributed by atoms with van der Waals surface area (Å²) in [4.78, 5) is 27.2. The summed E-state index contributed by atoms with van der Waals surface area (Å²) in [5, 5.41) is 2.91. The van der Waals surface area contributed by atoms with E-state index < -0.39 is 0 Å². The molecule has 0 unspecified atom stereocenters. The predicted octanol–water partition coefficient (Wildman–Crippen LogP) is 3.95. The first-order chi connectivity index (χ1) is 13.6. The molecule has 2 aromatic carbocycles. The summed E-state index contributed by atoms with van der Waals surface area (Å²) in [7, 11) is 3.21. The Morgan fingerprint density at radius 1 is 1.14 bits per heavy atom. The van der Waals surface area contributed by atoms with Crippen LogP contribution in [0.2, 0.25) is 0 Å². The lowest BCUT2D eigenvalue weighted by molar-refractivity contribution is -0.117. The van der Waals surface area contributed by atoms with Crippen LogP contribution in [0.4, 0.5) is 11.4 Å². The molecule has 3 rings (SSSR count). The van der Waals surface area contributed by atoms with E-state index in [1.165, 1.54) is 0 Å². The summed E-state index contributed by atoms with van der Waals surface area (Å²) in [5.74, 6) is 2.13. The van der Waals surface area contributed by atoms with E-state index in [4.69, 9.17) is 9.47 Å². The maximum atomic E-state index is 12.3. The molecule has 6 nitrogen and oxygen atoms in total. The zero-order valence-electron chi connectivity index (χ0n) is 16.1. The fourth-order valence-corrected chi connectivity index (χ4v) is 3.89. The summed E-state index contributed by atoms with van der Waals surface area (Å²) in [5.41, 5.74) is 1.37. The molecular weight excluding hydrogens is 376 g/mol. The molecule has 0 saturated carbocycles. The van der Waals surface area contributed by atoms with Crippen LogP contribution in [0.15, 0.2) is 47.4 Å². The van der Waals surface area contributed by atoms with Crippen molar-refractivity contribution in [2.75, 3.05) is 36.7 Å². The van der Waals surface area contributed by atoms with Crippen molar-refractivity contribution >= 4 is 35.0 Å². The minimum absolute atomic E-state index is 0.0649. The zero-order valence-corrected chi connectivity index (χ0v) is 16.9. The van der Waals surface area contributed by atoms with E-state index in [9.17, 15) is 9.59 Å². The number of nitrogens with zero attached hydrogens (tertiary/aromatic N) is 1. The smallest absolute Gasteiger partial charge is 0.227 e. The average molecular weight is 401 g/mol. The molecule has 7 heteroatoms. The average Bonchev–Trinajstić information content (AvgIpc) is 3.14. The summed E-state index contributed by atoms with van der Waals surface area (Å²) in [6.45, 7) is 0.672. The molecule has 0 spiro atoms. The minimum Gasteiger partial charge on any atom is -0.497 e. The highest BCUT2D eigenvalue weighted by Gasteiger charge is 2.24. The minimum atomic E-state index is -0.0649. The monoisotopic (exact) mass is 400 g/mol. The van der Waals surface area contributed by atoms with Crippen LogP contribution < -0.4 is 19.7 Å². The number of hydrogen-bond donors (Lipinski definition) is 1. The van der Waals surface area contributed by atoms with Crippen molar-refractivity contribution in [2.24, 2.45) is 0 Å². The van der Waals surface area contributed by atoms with E-state index in [0.717, 1.165) is 17.1 Å². The third-order valence-corrected chi connectivity index (χ3v) is 5.50. The Morgan fingerprint density at radius 3 is 2.57 bits per heavy atom. The van der Waals surface area contributed by atoms with Crippen LogP contribution in [0, 0.1) is 0 Å². The first-order valence-corrected chi connectivity index (χ1v) is 10.1. The van der Waals surface area contributed by atoms with E-state index in [-0.39, 0.29) is 11.8 Å². The van der Waals surface area contributed by atoms with Gasteiger partial charge in [0.1, 0.15) is 11.5 Å². The van der Waals surface area contributed by atoms with Crippen molar-refractivity contribution < 1.29 is 19.1 Å². The molecule has 148 valence electrons. The van der Waals surface area contributed by atoms with Gasteiger partial charge in [-0.3, -0.25) is 9.59 Å². The van der Waals surface area contributed by atoms with Crippen molar-refractivity contribution in [3.05, 3.63) is 42.5 Å². The fourth-order valence-electron chi connectivity index (χ4n) is 3.04. The molecule has 2 aromatic rings. The normalized spacial score (nSPS) is 13.5.